The van der Waals surface area contributed by atoms with E-state index in [1.165, 1.54) is 0 Å². The first-order chi connectivity index (χ1) is 9.24. The van der Waals surface area contributed by atoms with Gasteiger partial charge in [-0.2, -0.15) is 13.2 Å². The number of alkyl halides is 3. The molecule has 0 spiro atoms. The van der Waals surface area contributed by atoms with Crippen molar-refractivity contribution in [3.8, 4) is 0 Å². The number of unbranched alkanes of at least 4 members (excludes halogenated alkanes) is 1. The van der Waals surface area contributed by atoms with Crippen LogP contribution in [0.15, 0.2) is 22.7 Å². The summed E-state index contributed by atoms with van der Waals surface area (Å²) in [5, 5.41) is 0. The zero-order valence-corrected chi connectivity index (χ0v) is 13.0. The van der Waals surface area contributed by atoms with Crippen LogP contribution < -0.4 is 0 Å². The lowest BCUT2D eigenvalue weighted by Gasteiger charge is -2.24. The first-order valence-electron chi connectivity index (χ1n) is 6.36. The van der Waals surface area contributed by atoms with Gasteiger partial charge in [0.05, 0.1) is 5.56 Å². The number of halogens is 4. The van der Waals surface area contributed by atoms with Crippen molar-refractivity contribution in [2.24, 2.45) is 0 Å². The molecule has 0 aliphatic carbocycles. The molecule has 20 heavy (non-hydrogen) atoms. The van der Waals surface area contributed by atoms with Crippen LogP contribution in [0.1, 0.15) is 35.7 Å². The van der Waals surface area contributed by atoms with Crippen LogP contribution >= 0.6 is 15.9 Å². The van der Waals surface area contributed by atoms with E-state index in [4.69, 9.17) is 0 Å². The van der Waals surface area contributed by atoms with Gasteiger partial charge >= 0.3 is 6.18 Å². The number of carbonyl (C=O) groups is 1. The standard InChI is InChI=1S/C14H17BrF3NO/c1-3-4-7-19(9-14(16,17)18)13(20)11-8-10(2)5-6-12(11)15/h5-6,8H,3-4,7,9H2,1-2H3. The Balaban J connectivity index is 2.99. The summed E-state index contributed by atoms with van der Waals surface area (Å²) in [5.41, 5.74) is 1.10. The first-order valence-corrected chi connectivity index (χ1v) is 7.16. The Bertz CT molecular complexity index is 474. The van der Waals surface area contributed by atoms with Gasteiger partial charge in [0.15, 0.2) is 0 Å². The van der Waals surface area contributed by atoms with E-state index in [2.05, 4.69) is 15.9 Å². The average molecular weight is 352 g/mol. The summed E-state index contributed by atoms with van der Waals surface area (Å²) in [4.78, 5) is 13.2. The van der Waals surface area contributed by atoms with E-state index in [1.807, 2.05) is 6.92 Å². The van der Waals surface area contributed by atoms with Gasteiger partial charge in [0.2, 0.25) is 0 Å². The summed E-state index contributed by atoms with van der Waals surface area (Å²) in [7, 11) is 0. The molecule has 0 saturated carbocycles. The van der Waals surface area contributed by atoms with Crippen LogP contribution in [-0.4, -0.2) is 30.1 Å². The molecule has 0 aliphatic rings. The minimum atomic E-state index is -4.39. The Morgan fingerprint density at radius 2 is 2.00 bits per heavy atom. The molecule has 0 heterocycles. The predicted molar refractivity (Wildman–Crippen MR) is 75.7 cm³/mol. The third-order valence-corrected chi connectivity index (χ3v) is 3.48. The maximum absolute atomic E-state index is 12.6. The number of aryl methyl sites for hydroxylation is 1. The first kappa shape index (κ1) is 17.0. The van der Waals surface area contributed by atoms with Gasteiger partial charge in [0, 0.05) is 11.0 Å². The van der Waals surface area contributed by atoms with Crippen molar-refractivity contribution < 1.29 is 18.0 Å². The lowest BCUT2D eigenvalue weighted by atomic mass is 10.1. The molecule has 0 unspecified atom stereocenters. The monoisotopic (exact) mass is 351 g/mol. The number of amides is 1. The topological polar surface area (TPSA) is 20.3 Å². The Labute approximate surface area is 125 Å². The van der Waals surface area contributed by atoms with Crippen molar-refractivity contribution in [1.29, 1.82) is 0 Å². The van der Waals surface area contributed by atoms with E-state index in [-0.39, 0.29) is 12.1 Å². The molecular formula is C14H17BrF3NO. The normalized spacial score (nSPS) is 11.5. The van der Waals surface area contributed by atoms with E-state index in [0.717, 1.165) is 16.9 Å². The van der Waals surface area contributed by atoms with E-state index in [0.29, 0.717) is 10.9 Å². The molecule has 1 aromatic carbocycles. The minimum absolute atomic E-state index is 0.106. The SMILES string of the molecule is CCCCN(CC(F)(F)F)C(=O)c1cc(C)ccc1Br. The van der Waals surface area contributed by atoms with Gasteiger partial charge < -0.3 is 4.90 Å². The van der Waals surface area contributed by atoms with Crippen LogP contribution in [0.3, 0.4) is 0 Å². The Hall–Kier alpha value is -1.04. The molecular weight excluding hydrogens is 335 g/mol. The second-order valence-electron chi connectivity index (χ2n) is 4.68. The molecule has 0 aromatic heterocycles. The number of hydrogen-bond donors (Lipinski definition) is 0. The molecule has 1 aromatic rings. The summed E-state index contributed by atoms with van der Waals surface area (Å²) in [6, 6.07) is 5.07. The molecule has 2 nitrogen and oxygen atoms in total. The quantitative estimate of drug-likeness (QED) is 0.761. The van der Waals surface area contributed by atoms with Crippen molar-refractivity contribution in [3.63, 3.8) is 0 Å². The number of nitrogens with zero attached hydrogens (tertiary/aromatic N) is 1. The second-order valence-corrected chi connectivity index (χ2v) is 5.53. The van der Waals surface area contributed by atoms with Gasteiger partial charge in [-0.3, -0.25) is 4.79 Å². The van der Waals surface area contributed by atoms with Gasteiger partial charge in [-0.25, -0.2) is 0 Å². The Kier molecular flexibility index (Phi) is 6.05. The fourth-order valence-electron chi connectivity index (χ4n) is 1.79. The lowest BCUT2D eigenvalue weighted by molar-refractivity contribution is -0.140. The van der Waals surface area contributed by atoms with Crippen LogP contribution in [0, 0.1) is 6.92 Å². The highest BCUT2D eigenvalue weighted by atomic mass is 79.9. The smallest absolute Gasteiger partial charge is 0.330 e. The summed E-state index contributed by atoms with van der Waals surface area (Å²) >= 11 is 3.22. The maximum Gasteiger partial charge on any atom is 0.406 e. The number of hydrogen-bond acceptors (Lipinski definition) is 1. The van der Waals surface area contributed by atoms with Gasteiger partial charge in [-0.05, 0) is 41.4 Å². The molecule has 1 amide bonds. The number of rotatable bonds is 5. The third kappa shape index (κ3) is 5.15. The van der Waals surface area contributed by atoms with Crippen LogP contribution in [0.4, 0.5) is 13.2 Å². The van der Waals surface area contributed by atoms with Crippen molar-refractivity contribution in [2.45, 2.75) is 32.9 Å². The van der Waals surface area contributed by atoms with Crippen molar-refractivity contribution in [3.05, 3.63) is 33.8 Å². The molecule has 0 saturated heterocycles. The van der Waals surface area contributed by atoms with Crippen molar-refractivity contribution >= 4 is 21.8 Å². The molecule has 0 fully saturated rings. The van der Waals surface area contributed by atoms with Crippen LogP contribution in [0.25, 0.3) is 0 Å². The summed E-state index contributed by atoms with van der Waals surface area (Å²) in [5.74, 6) is -0.591. The van der Waals surface area contributed by atoms with Crippen LogP contribution in [0.5, 0.6) is 0 Å². The van der Waals surface area contributed by atoms with Crippen molar-refractivity contribution in [2.75, 3.05) is 13.1 Å². The predicted octanol–water partition coefficient (Wildman–Crippen LogP) is 4.56. The highest BCUT2D eigenvalue weighted by Crippen LogP contribution is 2.23. The van der Waals surface area contributed by atoms with E-state index in [9.17, 15) is 18.0 Å². The van der Waals surface area contributed by atoms with Gasteiger partial charge in [0.25, 0.3) is 5.91 Å². The largest absolute Gasteiger partial charge is 0.406 e. The lowest BCUT2D eigenvalue weighted by Crippen LogP contribution is -2.39. The van der Waals surface area contributed by atoms with E-state index < -0.39 is 18.6 Å². The summed E-state index contributed by atoms with van der Waals surface area (Å²) < 4.78 is 38.3. The fraction of sp³-hybridized carbons (Fsp3) is 0.500. The van der Waals surface area contributed by atoms with Crippen LogP contribution in [-0.2, 0) is 0 Å². The maximum atomic E-state index is 12.6. The molecule has 112 valence electrons. The highest BCUT2D eigenvalue weighted by Gasteiger charge is 2.33. The Morgan fingerprint density at radius 1 is 1.35 bits per heavy atom. The van der Waals surface area contributed by atoms with Gasteiger partial charge in [0.1, 0.15) is 6.54 Å². The average Bonchev–Trinajstić information content (AvgIpc) is 2.35. The third-order valence-electron chi connectivity index (χ3n) is 2.79. The van der Waals surface area contributed by atoms with E-state index in [1.54, 1.807) is 25.1 Å². The Morgan fingerprint density at radius 3 is 2.55 bits per heavy atom. The molecule has 1 rings (SSSR count). The molecule has 0 bridgehead atoms. The van der Waals surface area contributed by atoms with E-state index >= 15 is 0 Å². The number of carbonyl (C=O) groups excluding carboxylic acids is 1. The molecule has 0 aliphatic heterocycles. The summed E-state index contributed by atoms with van der Waals surface area (Å²) in [6.07, 6.45) is -3.11. The molecule has 0 radical (unpaired) electrons. The molecule has 0 atom stereocenters. The van der Waals surface area contributed by atoms with Crippen molar-refractivity contribution in [1.82, 2.24) is 4.90 Å². The molecule has 0 N–H and O–H groups in total. The fourth-order valence-corrected chi connectivity index (χ4v) is 2.21. The zero-order chi connectivity index (χ0) is 15.3. The molecule has 6 heteroatoms. The van der Waals surface area contributed by atoms with Crippen LogP contribution in [0.2, 0.25) is 0 Å². The second kappa shape index (κ2) is 7.11. The number of benzene rings is 1. The highest BCUT2D eigenvalue weighted by molar-refractivity contribution is 9.10. The zero-order valence-electron chi connectivity index (χ0n) is 11.4. The minimum Gasteiger partial charge on any atom is -0.330 e. The van der Waals surface area contributed by atoms with Gasteiger partial charge in [-0.1, -0.05) is 25.0 Å². The van der Waals surface area contributed by atoms with Gasteiger partial charge in [-0.15, -0.1) is 0 Å². The summed E-state index contributed by atoms with van der Waals surface area (Å²) in [6.45, 7) is 2.56.